The van der Waals surface area contributed by atoms with Crippen molar-refractivity contribution < 1.29 is 19.4 Å². The Morgan fingerprint density at radius 3 is 2.30 bits per heavy atom. The Labute approximate surface area is 165 Å². The maximum absolute atomic E-state index is 13.9. The van der Waals surface area contributed by atoms with E-state index < -0.39 is 36.4 Å². The third-order valence-corrected chi connectivity index (χ3v) is 13.6. The van der Waals surface area contributed by atoms with Crippen LogP contribution in [0.3, 0.4) is 0 Å². The summed E-state index contributed by atoms with van der Waals surface area (Å²) in [5.74, 6) is -0.665. The standard InChI is InChI=1S/C22H36O4Si/c1-8-12-21-14-13-20(5,6)22(18(21)24,19(25)26-7)15-16(17(21)23)27(9-2,10-3)11-4/h8,15,17,23H,1,9-14H2,2-7H3/t17-,21+,22-/m0/s1. The molecule has 0 aliphatic heterocycles. The second-order valence-electron chi connectivity index (χ2n) is 9.00. The van der Waals surface area contributed by atoms with Crippen LogP contribution in [-0.2, 0) is 14.3 Å². The number of hydrogen-bond donors (Lipinski definition) is 1. The molecule has 1 saturated carbocycles. The van der Waals surface area contributed by atoms with Gasteiger partial charge in [-0.1, -0.05) is 70.1 Å². The van der Waals surface area contributed by atoms with Gasteiger partial charge >= 0.3 is 5.97 Å². The Hall–Kier alpha value is -1.20. The van der Waals surface area contributed by atoms with Crippen LogP contribution in [0.4, 0.5) is 0 Å². The van der Waals surface area contributed by atoms with Gasteiger partial charge in [0.05, 0.1) is 26.7 Å². The van der Waals surface area contributed by atoms with Crippen LogP contribution >= 0.6 is 0 Å². The van der Waals surface area contributed by atoms with Gasteiger partial charge in [-0.25, -0.2) is 0 Å². The molecule has 4 nitrogen and oxygen atoms in total. The lowest BCUT2D eigenvalue weighted by Gasteiger charge is -2.58. The number of fused-ring (bicyclic) bond motifs is 2. The summed E-state index contributed by atoms with van der Waals surface area (Å²) in [7, 11) is -0.649. The molecule has 0 unspecified atom stereocenters. The Morgan fingerprint density at radius 1 is 1.30 bits per heavy atom. The number of ketones is 1. The van der Waals surface area contributed by atoms with E-state index in [0.29, 0.717) is 19.3 Å². The monoisotopic (exact) mass is 392 g/mol. The van der Waals surface area contributed by atoms with Crippen molar-refractivity contribution in [1.82, 2.24) is 0 Å². The number of carbonyl (C=O) groups is 2. The van der Waals surface area contributed by atoms with E-state index in [-0.39, 0.29) is 5.78 Å². The van der Waals surface area contributed by atoms with Crippen molar-refractivity contribution in [3.63, 3.8) is 0 Å². The molecule has 0 heterocycles. The highest BCUT2D eigenvalue weighted by molar-refractivity contribution is 6.86. The molecule has 0 spiro atoms. The number of carbonyl (C=O) groups excluding carboxylic acids is 2. The smallest absolute Gasteiger partial charge is 0.323 e. The van der Waals surface area contributed by atoms with Gasteiger partial charge in [0.2, 0.25) is 0 Å². The molecule has 2 bridgehead atoms. The summed E-state index contributed by atoms with van der Waals surface area (Å²) in [4.78, 5) is 27.0. The first-order valence-corrected chi connectivity index (χ1v) is 12.9. The van der Waals surface area contributed by atoms with Gasteiger partial charge in [0.1, 0.15) is 5.41 Å². The Morgan fingerprint density at radius 2 is 1.85 bits per heavy atom. The lowest BCUT2D eigenvalue weighted by atomic mass is 9.46. The van der Waals surface area contributed by atoms with Gasteiger partial charge in [-0.2, -0.15) is 0 Å². The van der Waals surface area contributed by atoms with Crippen molar-refractivity contribution in [2.75, 3.05) is 7.11 Å². The van der Waals surface area contributed by atoms with Gasteiger partial charge in [0, 0.05) is 0 Å². The van der Waals surface area contributed by atoms with E-state index in [0.717, 1.165) is 23.3 Å². The van der Waals surface area contributed by atoms with E-state index in [1.54, 1.807) is 6.08 Å². The number of rotatable bonds is 7. The molecule has 0 saturated heterocycles. The zero-order valence-electron chi connectivity index (χ0n) is 17.9. The number of methoxy groups -OCH3 is 1. The third-order valence-electron chi connectivity index (χ3n) is 7.92. The van der Waals surface area contributed by atoms with Gasteiger partial charge in [0.25, 0.3) is 0 Å². The molecule has 0 amide bonds. The fourth-order valence-electron chi connectivity index (χ4n) is 5.64. The van der Waals surface area contributed by atoms with Crippen LogP contribution < -0.4 is 0 Å². The van der Waals surface area contributed by atoms with E-state index in [4.69, 9.17) is 4.74 Å². The van der Waals surface area contributed by atoms with Crippen LogP contribution in [0.2, 0.25) is 18.1 Å². The number of ether oxygens (including phenoxy) is 1. The molecule has 3 atom stereocenters. The van der Waals surface area contributed by atoms with Crippen LogP contribution in [0.25, 0.3) is 0 Å². The van der Waals surface area contributed by atoms with Gasteiger partial charge in [-0.15, -0.1) is 6.58 Å². The largest absolute Gasteiger partial charge is 0.468 e. The number of aliphatic hydroxyl groups excluding tert-OH is 1. The zero-order valence-corrected chi connectivity index (χ0v) is 18.9. The first-order chi connectivity index (χ1) is 12.6. The van der Waals surface area contributed by atoms with Crippen molar-refractivity contribution in [3.05, 3.63) is 23.9 Å². The van der Waals surface area contributed by atoms with Gasteiger partial charge in [-0.3, -0.25) is 9.59 Å². The van der Waals surface area contributed by atoms with Crippen molar-refractivity contribution in [1.29, 1.82) is 0 Å². The highest BCUT2D eigenvalue weighted by atomic mass is 28.3. The molecule has 0 aromatic heterocycles. The lowest BCUT2D eigenvalue weighted by molar-refractivity contribution is -0.178. The molecule has 2 aliphatic carbocycles. The van der Waals surface area contributed by atoms with Crippen LogP contribution in [0, 0.1) is 16.2 Å². The molecule has 5 heteroatoms. The number of aliphatic hydroxyl groups is 1. The molecule has 1 N–H and O–H groups in total. The number of Topliss-reactive ketones (excluding diaryl/α,β-unsaturated/α-hetero) is 1. The van der Waals surface area contributed by atoms with Gasteiger partial charge < -0.3 is 9.84 Å². The summed E-state index contributed by atoms with van der Waals surface area (Å²) in [5, 5.41) is 12.5. The molecule has 0 aromatic carbocycles. The molecular formula is C22H36O4Si. The fourth-order valence-corrected chi connectivity index (χ4v) is 9.74. The van der Waals surface area contributed by atoms with Crippen molar-refractivity contribution in [2.45, 2.75) is 78.1 Å². The van der Waals surface area contributed by atoms with E-state index in [1.165, 1.54) is 7.11 Å². The molecule has 152 valence electrons. The van der Waals surface area contributed by atoms with Crippen LogP contribution in [0.5, 0.6) is 0 Å². The molecule has 1 fully saturated rings. The van der Waals surface area contributed by atoms with E-state index in [9.17, 15) is 14.7 Å². The molecule has 2 rings (SSSR count). The number of hydrogen-bond acceptors (Lipinski definition) is 4. The Kier molecular flexibility index (Phi) is 5.99. The normalized spacial score (nSPS) is 32.6. The van der Waals surface area contributed by atoms with Gasteiger partial charge in [-0.05, 0) is 24.7 Å². The van der Waals surface area contributed by atoms with Gasteiger partial charge in [0.15, 0.2) is 5.78 Å². The third kappa shape index (κ3) is 2.72. The summed E-state index contributed by atoms with van der Waals surface area (Å²) < 4.78 is 5.20. The summed E-state index contributed by atoms with van der Waals surface area (Å²) >= 11 is 0. The Bertz CT molecular complexity index is 653. The topological polar surface area (TPSA) is 63.6 Å². The lowest BCUT2D eigenvalue weighted by Crippen LogP contribution is -2.67. The predicted octanol–water partition coefficient (Wildman–Crippen LogP) is 4.45. The second-order valence-corrected chi connectivity index (χ2v) is 14.3. The molecule has 27 heavy (non-hydrogen) atoms. The molecule has 0 aromatic rings. The summed E-state index contributed by atoms with van der Waals surface area (Å²) in [6, 6.07) is 2.96. The quantitative estimate of drug-likeness (QED) is 0.301. The maximum Gasteiger partial charge on any atom is 0.323 e. The average molecular weight is 393 g/mol. The fraction of sp³-hybridized carbons (Fsp3) is 0.727. The van der Waals surface area contributed by atoms with Crippen molar-refractivity contribution >= 4 is 19.8 Å². The van der Waals surface area contributed by atoms with Crippen LogP contribution in [0.15, 0.2) is 23.9 Å². The number of esters is 1. The van der Waals surface area contributed by atoms with E-state index >= 15 is 0 Å². The Balaban J connectivity index is 2.92. The summed E-state index contributed by atoms with van der Waals surface area (Å²) in [6.07, 6.45) is 4.40. The maximum atomic E-state index is 13.9. The highest BCUT2D eigenvalue weighted by Crippen LogP contribution is 2.62. The second kappa shape index (κ2) is 7.32. The molecular weight excluding hydrogens is 356 g/mol. The molecule has 2 aliphatic rings. The average Bonchev–Trinajstić information content (AvgIpc) is 2.65. The summed E-state index contributed by atoms with van der Waals surface area (Å²) in [6.45, 7) is 14.3. The van der Waals surface area contributed by atoms with Crippen molar-refractivity contribution in [3.8, 4) is 0 Å². The van der Waals surface area contributed by atoms with Crippen molar-refractivity contribution in [2.24, 2.45) is 16.2 Å². The SMILES string of the molecule is C=CC[C@@]12CCC(C)(C)[C@@](C(=O)OC)(C=C([Si](CC)(CC)CC)[C@@H]1O)C2=O. The zero-order chi connectivity index (χ0) is 20.7. The molecule has 0 radical (unpaired) electrons. The van der Waals surface area contributed by atoms with Crippen LogP contribution in [0.1, 0.15) is 53.9 Å². The van der Waals surface area contributed by atoms with Crippen LogP contribution in [-0.4, -0.2) is 38.1 Å². The number of allylic oxidation sites excluding steroid dienone is 1. The summed E-state index contributed by atoms with van der Waals surface area (Å²) in [5.41, 5.74) is -2.84. The minimum atomic E-state index is -2.00. The first-order valence-electron chi connectivity index (χ1n) is 10.2. The minimum Gasteiger partial charge on any atom is -0.468 e. The predicted molar refractivity (Wildman–Crippen MR) is 111 cm³/mol. The minimum absolute atomic E-state index is 0.180. The van der Waals surface area contributed by atoms with E-state index in [2.05, 4.69) is 27.4 Å². The first kappa shape index (κ1) is 22.1. The van der Waals surface area contributed by atoms with E-state index in [1.807, 2.05) is 19.9 Å². The highest BCUT2D eigenvalue weighted by Gasteiger charge is 2.70.